The minimum atomic E-state index is -0.369. The third-order valence-corrected chi connectivity index (χ3v) is 3.29. The van der Waals surface area contributed by atoms with Crippen molar-refractivity contribution in [3.8, 4) is 0 Å². The van der Waals surface area contributed by atoms with E-state index in [0.29, 0.717) is 17.7 Å². The summed E-state index contributed by atoms with van der Waals surface area (Å²) in [6.45, 7) is 8.13. The first kappa shape index (κ1) is 17.7. The van der Waals surface area contributed by atoms with Crippen molar-refractivity contribution in [1.82, 2.24) is 0 Å². The van der Waals surface area contributed by atoms with Crippen molar-refractivity contribution < 1.29 is 19.1 Å². The highest BCUT2D eigenvalue weighted by Crippen LogP contribution is 2.26. The largest absolute Gasteiger partial charge is 0.469 e. The smallest absolute Gasteiger partial charge is 0.309 e. The summed E-state index contributed by atoms with van der Waals surface area (Å²) in [7, 11) is 2.66. The second kappa shape index (κ2) is 8.14. The van der Waals surface area contributed by atoms with Crippen LogP contribution in [0.4, 0.5) is 0 Å². The highest BCUT2D eigenvalue weighted by atomic mass is 16.5. The fraction of sp³-hybridized carbons (Fsp3) is 0.294. The SMILES string of the molecule is C=C(CC(=O)OC)c1ccc(CN)c(C(=C)CC(=O)OC)c1. The number of esters is 2. The van der Waals surface area contributed by atoms with Gasteiger partial charge in [-0.3, -0.25) is 9.59 Å². The molecular formula is C17H21NO4. The minimum Gasteiger partial charge on any atom is -0.469 e. The van der Waals surface area contributed by atoms with E-state index in [0.717, 1.165) is 16.7 Å². The van der Waals surface area contributed by atoms with Gasteiger partial charge in [0.1, 0.15) is 0 Å². The second-order valence-electron chi connectivity index (χ2n) is 4.79. The Morgan fingerprint density at radius 2 is 1.59 bits per heavy atom. The molecule has 0 spiro atoms. The van der Waals surface area contributed by atoms with Gasteiger partial charge in [0.15, 0.2) is 0 Å². The van der Waals surface area contributed by atoms with Crippen LogP contribution in [-0.4, -0.2) is 26.2 Å². The molecule has 1 aromatic rings. The molecule has 118 valence electrons. The number of methoxy groups -OCH3 is 2. The molecule has 0 aromatic heterocycles. The Morgan fingerprint density at radius 3 is 2.09 bits per heavy atom. The average molecular weight is 303 g/mol. The van der Waals surface area contributed by atoms with Crippen LogP contribution in [0.25, 0.3) is 11.1 Å². The van der Waals surface area contributed by atoms with Gasteiger partial charge in [0, 0.05) is 6.54 Å². The van der Waals surface area contributed by atoms with Crippen LogP contribution in [0.1, 0.15) is 29.5 Å². The number of benzene rings is 1. The van der Waals surface area contributed by atoms with E-state index >= 15 is 0 Å². The molecule has 1 rings (SSSR count). The fourth-order valence-corrected chi connectivity index (χ4v) is 1.99. The topological polar surface area (TPSA) is 78.6 Å². The molecule has 0 radical (unpaired) electrons. The van der Waals surface area contributed by atoms with Crippen molar-refractivity contribution in [1.29, 1.82) is 0 Å². The van der Waals surface area contributed by atoms with Gasteiger partial charge >= 0.3 is 11.9 Å². The third kappa shape index (κ3) is 4.56. The molecule has 0 saturated carbocycles. The molecule has 22 heavy (non-hydrogen) atoms. The second-order valence-corrected chi connectivity index (χ2v) is 4.79. The molecule has 0 heterocycles. The van der Waals surface area contributed by atoms with E-state index in [1.807, 2.05) is 18.2 Å². The van der Waals surface area contributed by atoms with Crippen molar-refractivity contribution in [3.63, 3.8) is 0 Å². The van der Waals surface area contributed by atoms with Gasteiger partial charge in [-0.2, -0.15) is 0 Å². The molecule has 5 nitrogen and oxygen atoms in total. The van der Waals surface area contributed by atoms with Crippen LogP contribution in [0.15, 0.2) is 31.4 Å². The minimum absolute atomic E-state index is 0.0798. The first-order valence-electron chi connectivity index (χ1n) is 6.75. The normalized spacial score (nSPS) is 9.95. The molecule has 5 heteroatoms. The molecule has 1 aromatic carbocycles. The summed E-state index contributed by atoms with van der Waals surface area (Å²) in [5, 5.41) is 0. The zero-order chi connectivity index (χ0) is 16.7. The quantitative estimate of drug-likeness (QED) is 0.782. The van der Waals surface area contributed by atoms with Crippen molar-refractivity contribution in [2.24, 2.45) is 5.73 Å². The Labute approximate surface area is 130 Å². The molecule has 0 amide bonds. The summed E-state index contributed by atoms with van der Waals surface area (Å²) in [4.78, 5) is 22.7. The fourth-order valence-electron chi connectivity index (χ4n) is 1.99. The number of hydrogen-bond acceptors (Lipinski definition) is 5. The van der Waals surface area contributed by atoms with Gasteiger partial charge in [-0.25, -0.2) is 0 Å². The molecule has 0 fully saturated rings. The van der Waals surface area contributed by atoms with Crippen molar-refractivity contribution >= 4 is 23.1 Å². The molecule has 0 bridgehead atoms. The Morgan fingerprint density at radius 1 is 1.05 bits per heavy atom. The van der Waals surface area contributed by atoms with Crippen LogP contribution in [0.5, 0.6) is 0 Å². The number of ether oxygens (including phenoxy) is 2. The Balaban J connectivity index is 3.07. The molecule has 2 N–H and O–H groups in total. The molecule has 0 aliphatic rings. The van der Waals surface area contributed by atoms with E-state index < -0.39 is 0 Å². The zero-order valence-corrected chi connectivity index (χ0v) is 13.0. The van der Waals surface area contributed by atoms with Crippen molar-refractivity contribution in [2.45, 2.75) is 19.4 Å². The lowest BCUT2D eigenvalue weighted by molar-refractivity contribution is -0.140. The van der Waals surface area contributed by atoms with E-state index in [9.17, 15) is 9.59 Å². The zero-order valence-electron chi connectivity index (χ0n) is 13.0. The lowest BCUT2D eigenvalue weighted by atomic mass is 9.93. The average Bonchev–Trinajstić information content (AvgIpc) is 2.53. The Bertz CT molecular complexity index is 605. The van der Waals surface area contributed by atoms with Crippen LogP contribution in [-0.2, 0) is 25.6 Å². The molecule has 0 aliphatic heterocycles. The molecular weight excluding hydrogens is 282 g/mol. The van der Waals surface area contributed by atoms with Gasteiger partial charge in [0.05, 0.1) is 27.1 Å². The van der Waals surface area contributed by atoms with Crippen molar-refractivity contribution in [3.05, 3.63) is 48.0 Å². The third-order valence-electron chi connectivity index (χ3n) is 3.29. The number of nitrogens with two attached hydrogens (primary N) is 1. The highest BCUT2D eigenvalue weighted by Gasteiger charge is 2.13. The van der Waals surface area contributed by atoms with Crippen LogP contribution in [0, 0.1) is 0 Å². The first-order chi connectivity index (χ1) is 10.4. The van der Waals surface area contributed by atoms with Gasteiger partial charge in [0.25, 0.3) is 0 Å². The maximum absolute atomic E-state index is 11.4. The molecule has 0 aliphatic carbocycles. The lowest BCUT2D eigenvalue weighted by Crippen LogP contribution is -2.06. The molecule has 0 atom stereocenters. The van der Waals surface area contributed by atoms with Gasteiger partial charge < -0.3 is 15.2 Å². The highest BCUT2D eigenvalue weighted by molar-refractivity contribution is 5.88. The van der Waals surface area contributed by atoms with E-state index in [1.165, 1.54) is 14.2 Å². The van der Waals surface area contributed by atoms with E-state index in [1.54, 1.807) is 0 Å². The van der Waals surface area contributed by atoms with Gasteiger partial charge in [-0.05, 0) is 33.9 Å². The first-order valence-corrected chi connectivity index (χ1v) is 6.75. The summed E-state index contributed by atoms with van der Waals surface area (Å²) in [6, 6.07) is 5.51. The Kier molecular flexibility index (Phi) is 6.53. The molecule has 0 saturated heterocycles. The summed E-state index contributed by atoms with van der Waals surface area (Å²) < 4.78 is 9.28. The predicted octanol–water partition coefficient (Wildman–Crippen LogP) is 2.30. The Hall–Kier alpha value is -2.40. The maximum atomic E-state index is 11.4. The van der Waals surface area contributed by atoms with E-state index in [4.69, 9.17) is 5.73 Å². The monoisotopic (exact) mass is 303 g/mol. The standard InChI is InChI=1S/C17H21NO4/c1-11(7-16(19)21-3)13-5-6-14(10-18)15(9-13)12(2)8-17(20)22-4/h5-6,9H,1-2,7-8,10,18H2,3-4H3. The van der Waals surface area contributed by atoms with Crippen LogP contribution in [0.2, 0.25) is 0 Å². The maximum Gasteiger partial charge on any atom is 0.309 e. The van der Waals surface area contributed by atoms with Crippen LogP contribution < -0.4 is 5.73 Å². The van der Waals surface area contributed by atoms with Gasteiger partial charge in [-0.15, -0.1) is 0 Å². The lowest BCUT2D eigenvalue weighted by Gasteiger charge is -2.13. The predicted molar refractivity (Wildman–Crippen MR) is 85.7 cm³/mol. The number of hydrogen-bond donors (Lipinski definition) is 1. The number of rotatable bonds is 7. The van der Waals surface area contributed by atoms with Gasteiger partial charge in [0.2, 0.25) is 0 Å². The molecule has 0 unspecified atom stereocenters. The van der Waals surface area contributed by atoms with E-state index in [-0.39, 0.29) is 24.8 Å². The summed E-state index contributed by atoms with van der Waals surface area (Å²) >= 11 is 0. The van der Waals surface area contributed by atoms with Crippen molar-refractivity contribution in [2.75, 3.05) is 14.2 Å². The van der Waals surface area contributed by atoms with Gasteiger partial charge in [-0.1, -0.05) is 25.3 Å². The summed E-state index contributed by atoms with van der Waals surface area (Å²) in [5.74, 6) is -0.727. The summed E-state index contributed by atoms with van der Waals surface area (Å²) in [6.07, 6.45) is 0.178. The number of carbonyl (C=O) groups is 2. The van der Waals surface area contributed by atoms with Crippen LogP contribution in [0.3, 0.4) is 0 Å². The van der Waals surface area contributed by atoms with Crippen LogP contribution >= 0.6 is 0 Å². The number of carbonyl (C=O) groups excluding carboxylic acids is 2. The summed E-state index contributed by atoms with van der Waals surface area (Å²) in [5.41, 5.74) is 9.38. The van der Waals surface area contributed by atoms with E-state index in [2.05, 4.69) is 22.6 Å².